The quantitative estimate of drug-likeness (QED) is 0.798. The maximum atomic E-state index is 13.1. The Morgan fingerprint density at radius 2 is 1.96 bits per heavy atom. The molecule has 1 aliphatic heterocycles. The van der Waals surface area contributed by atoms with E-state index in [0.717, 1.165) is 50.3 Å². The summed E-state index contributed by atoms with van der Waals surface area (Å²) in [5.41, 5.74) is 1.26. The van der Waals surface area contributed by atoms with Gasteiger partial charge in [0.1, 0.15) is 0 Å². The summed E-state index contributed by atoms with van der Waals surface area (Å²) in [5.74, 6) is 0.231. The van der Waals surface area contributed by atoms with Crippen molar-refractivity contribution in [1.29, 1.82) is 0 Å². The molecule has 1 aromatic rings. The zero-order valence-electron chi connectivity index (χ0n) is 15.3. The number of amides is 1. The molecule has 0 aliphatic carbocycles. The molecule has 1 aromatic heterocycles. The monoisotopic (exact) mass is 337 g/mol. The van der Waals surface area contributed by atoms with Gasteiger partial charge in [0.2, 0.25) is 0 Å². The smallest absolute Gasteiger partial charge is 0.264 e. The van der Waals surface area contributed by atoms with Gasteiger partial charge in [-0.25, -0.2) is 0 Å². The first kappa shape index (κ1) is 18.4. The third kappa shape index (κ3) is 4.78. The normalized spacial score (nSPS) is 17.0. The zero-order valence-corrected chi connectivity index (χ0v) is 16.1. The fourth-order valence-electron chi connectivity index (χ4n) is 3.18. The van der Waals surface area contributed by atoms with Crippen LogP contribution in [0, 0.1) is 6.92 Å². The topological polar surface area (TPSA) is 26.8 Å². The van der Waals surface area contributed by atoms with E-state index in [-0.39, 0.29) is 5.91 Å². The van der Waals surface area contributed by atoms with Crippen molar-refractivity contribution in [2.75, 3.05) is 47.3 Å². The highest BCUT2D eigenvalue weighted by molar-refractivity contribution is 7.14. The van der Waals surface area contributed by atoms with E-state index in [0.29, 0.717) is 6.04 Å². The van der Waals surface area contributed by atoms with Gasteiger partial charge in [0.15, 0.2) is 0 Å². The average molecular weight is 338 g/mol. The molecule has 4 nitrogen and oxygen atoms in total. The van der Waals surface area contributed by atoms with Crippen LogP contribution in [-0.4, -0.2) is 74.0 Å². The number of hydrogen-bond donors (Lipinski definition) is 0. The van der Waals surface area contributed by atoms with Crippen LogP contribution in [0.3, 0.4) is 0 Å². The Bertz CT molecular complexity index is 518. The minimum absolute atomic E-state index is 0.231. The molecule has 1 fully saturated rings. The second kappa shape index (κ2) is 8.27. The van der Waals surface area contributed by atoms with E-state index < -0.39 is 0 Å². The summed E-state index contributed by atoms with van der Waals surface area (Å²) in [6.45, 7) is 8.18. The summed E-state index contributed by atoms with van der Waals surface area (Å²) in [7, 11) is 6.31. The lowest BCUT2D eigenvalue weighted by atomic mass is 10.0. The summed E-state index contributed by atoms with van der Waals surface area (Å²) in [4.78, 5) is 22.0. The Morgan fingerprint density at radius 1 is 1.30 bits per heavy atom. The van der Waals surface area contributed by atoms with Crippen LogP contribution in [0.2, 0.25) is 0 Å². The largest absolute Gasteiger partial charge is 0.334 e. The summed E-state index contributed by atoms with van der Waals surface area (Å²) < 4.78 is 0. The molecular weight excluding hydrogens is 306 g/mol. The van der Waals surface area contributed by atoms with Crippen LogP contribution in [0.5, 0.6) is 0 Å². The molecule has 0 aromatic carbocycles. The predicted molar refractivity (Wildman–Crippen MR) is 98.5 cm³/mol. The van der Waals surface area contributed by atoms with Gasteiger partial charge in [-0.2, -0.15) is 0 Å². The van der Waals surface area contributed by atoms with Crippen molar-refractivity contribution >= 4 is 17.2 Å². The van der Waals surface area contributed by atoms with Gasteiger partial charge in [-0.15, -0.1) is 11.3 Å². The number of carbonyl (C=O) groups is 1. The molecule has 2 heterocycles. The van der Waals surface area contributed by atoms with Crippen LogP contribution >= 0.6 is 11.3 Å². The van der Waals surface area contributed by atoms with Crippen molar-refractivity contribution in [2.45, 2.75) is 39.2 Å². The summed E-state index contributed by atoms with van der Waals surface area (Å²) in [6.07, 6.45) is 3.18. The van der Waals surface area contributed by atoms with Crippen LogP contribution in [-0.2, 0) is 6.42 Å². The van der Waals surface area contributed by atoms with E-state index in [4.69, 9.17) is 0 Å². The number of rotatable bonds is 6. The molecule has 0 bridgehead atoms. The number of carbonyl (C=O) groups excluding carboxylic acids is 1. The Morgan fingerprint density at radius 3 is 2.48 bits per heavy atom. The van der Waals surface area contributed by atoms with Crippen molar-refractivity contribution in [3.05, 3.63) is 21.4 Å². The highest BCUT2D eigenvalue weighted by Crippen LogP contribution is 2.26. The second-order valence-corrected chi connectivity index (χ2v) is 8.04. The number of nitrogens with zero attached hydrogens (tertiary/aromatic N) is 3. The number of thiophene rings is 1. The molecule has 0 atom stereocenters. The van der Waals surface area contributed by atoms with Crippen LogP contribution in [0.1, 0.15) is 39.9 Å². The number of hydrogen-bond acceptors (Lipinski definition) is 4. The Kier molecular flexibility index (Phi) is 6.62. The van der Waals surface area contributed by atoms with E-state index in [1.54, 1.807) is 11.3 Å². The van der Waals surface area contributed by atoms with Crippen molar-refractivity contribution in [1.82, 2.24) is 14.7 Å². The van der Waals surface area contributed by atoms with E-state index >= 15 is 0 Å². The molecule has 0 saturated carbocycles. The van der Waals surface area contributed by atoms with Crippen LogP contribution in [0.15, 0.2) is 6.07 Å². The fourth-order valence-corrected chi connectivity index (χ4v) is 4.25. The lowest BCUT2D eigenvalue weighted by molar-refractivity contribution is 0.0579. The van der Waals surface area contributed by atoms with Crippen molar-refractivity contribution in [3.63, 3.8) is 0 Å². The molecular formula is C18H31N3OS. The lowest BCUT2D eigenvalue weighted by Crippen LogP contribution is -2.48. The molecule has 0 unspecified atom stereocenters. The number of aryl methyl sites for hydroxylation is 2. The molecule has 1 saturated heterocycles. The molecule has 1 aliphatic rings. The third-order valence-corrected chi connectivity index (χ3v) is 6.10. The second-order valence-electron chi connectivity index (χ2n) is 6.91. The standard InChI is InChI=1S/C18H31N3OS/c1-6-16-14(2)13-17(23-16)18(22)21(12-11-19(3)4)15-7-9-20(5)10-8-15/h13,15H,6-12H2,1-5H3. The summed E-state index contributed by atoms with van der Waals surface area (Å²) >= 11 is 1.68. The highest BCUT2D eigenvalue weighted by Gasteiger charge is 2.28. The first-order chi connectivity index (χ1) is 10.9. The van der Waals surface area contributed by atoms with Gasteiger partial charge < -0.3 is 14.7 Å². The van der Waals surface area contributed by atoms with Gasteiger partial charge >= 0.3 is 0 Å². The summed E-state index contributed by atoms with van der Waals surface area (Å²) in [5, 5.41) is 0. The zero-order chi connectivity index (χ0) is 17.0. The van der Waals surface area contributed by atoms with Crippen LogP contribution in [0.25, 0.3) is 0 Å². The van der Waals surface area contributed by atoms with Gasteiger partial charge in [-0.3, -0.25) is 4.79 Å². The Balaban J connectivity index is 2.15. The van der Waals surface area contributed by atoms with Crippen LogP contribution in [0.4, 0.5) is 0 Å². The minimum Gasteiger partial charge on any atom is -0.334 e. The molecule has 23 heavy (non-hydrogen) atoms. The fraction of sp³-hybridized carbons (Fsp3) is 0.722. The van der Waals surface area contributed by atoms with E-state index in [1.165, 1.54) is 10.4 Å². The van der Waals surface area contributed by atoms with E-state index in [9.17, 15) is 4.79 Å². The number of piperidine rings is 1. The number of likely N-dealkylation sites (tertiary alicyclic amines) is 1. The Labute approximate surface area is 145 Å². The van der Waals surface area contributed by atoms with Crippen molar-refractivity contribution < 1.29 is 4.79 Å². The van der Waals surface area contributed by atoms with Gasteiger partial charge in [-0.1, -0.05) is 6.92 Å². The molecule has 130 valence electrons. The lowest BCUT2D eigenvalue weighted by Gasteiger charge is -2.37. The molecule has 2 rings (SSSR count). The van der Waals surface area contributed by atoms with Gasteiger partial charge in [0.25, 0.3) is 5.91 Å². The molecule has 0 radical (unpaired) electrons. The number of likely N-dealkylation sites (N-methyl/N-ethyl adjacent to an activating group) is 1. The van der Waals surface area contributed by atoms with Gasteiger partial charge in [0.05, 0.1) is 4.88 Å². The minimum atomic E-state index is 0.231. The Hall–Kier alpha value is -0.910. The van der Waals surface area contributed by atoms with E-state index in [2.05, 4.69) is 55.8 Å². The van der Waals surface area contributed by atoms with Crippen LogP contribution < -0.4 is 0 Å². The average Bonchev–Trinajstić information content (AvgIpc) is 2.89. The van der Waals surface area contributed by atoms with Crippen molar-refractivity contribution in [3.8, 4) is 0 Å². The SMILES string of the molecule is CCc1sc(C(=O)N(CCN(C)C)C2CCN(C)CC2)cc1C. The molecule has 1 amide bonds. The third-order valence-electron chi connectivity index (χ3n) is 4.73. The highest BCUT2D eigenvalue weighted by atomic mass is 32.1. The first-order valence-electron chi connectivity index (χ1n) is 8.66. The summed E-state index contributed by atoms with van der Waals surface area (Å²) in [6, 6.07) is 2.47. The molecule has 5 heteroatoms. The van der Waals surface area contributed by atoms with E-state index in [1.807, 2.05) is 0 Å². The van der Waals surface area contributed by atoms with Gasteiger partial charge in [-0.05, 0) is 72.0 Å². The maximum Gasteiger partial charge on any atom is 0.264 e. The first-order valence-corrected chi connectivity index (χ1v) is 9.47. The molecule has 0 N–H and O–H groups in total. The molecule has 0 spiro atoms. The van der Waals surface area contributed by atoms with Gasteiger partial charge in [0, 0.05) is 24.0 Å². The van der Waals surface area contributed by atoms with Crippen molar-refractivity contribution in [2.24, 2.45) is 0 Å². The maximum absolute atomic E-state index is 13.1. The predicted octanol–water partition coefficient (Wildman–Crippen LogP) is 2.72.